The number of likely N-dealkylation sites (N-methyl/N-ethyl adjacent to an activating group) is 1. The molecule has 0 radical (unpaired) electrons. The summed E-state index contributed by atoms with van der Waals surface area (Å²) < 4.78 is 0. The summed E-state index contributed by atoms with van der Waals surface area (Å²) >= 11 is 0. The van der Waals surface area contributed by atoms with Crippen LogP contribution in [-0.4, -0.2) is 96.9 Å². The molecule has 2 fully saturated rings. The molecule has 0 aromatic heterocycles. The smallest absolute Gasteiger partial charge is 0.236 e. The lowest BCUT2D eigenvalue weighted by Crippen LogP contribution is -2.53. The molecule has 0 unspecified atom stereocenters. The average Bonchev–Trinajstić information content (AvgIpc) is 2.92. The fourth-order valence-electron chi connectivity index (χ4n) is 3.68. The first-order valence-electron chi connectivity index (χ1n) is 8.75. The van der Waals surface area contributed by atoms with Crippen molar-refractivity contribution in [2.75, 3.05) is 59.4 Å². The van der Waals surface area contributed by atoms with Crippen LogP contribution in [0.5, 0.6) is 0 Å². The maximum atomic E-state index is 12.2. The SMILES string of the molecule is CC(=O)N1CCN([C@H]2CN(CC(=O)N(C)CCC#N)C[C@H]2C)CC1. The lowest BCUT2D eigenvalue weighted by atomic mass is 10.0. The third kappa shape index (κ3) is 4.68. The summed E-state index contributed by atoms with van der Waals surface area (Å²) in [5.74, 6) is 0.757. The van der Waals surface area contributed by atoms with Gasteiger partial charge < -0.3 is 9.80 Å². The second-order valence-electron chi connectivity index (χ2n) is 7.00. The Kier molecular flexibility index (Phi) is 6.58. The molecule has 2 aliphatic rings. The van der Waals surface area contributed by atoms with Crippen molar-refractivity contribution in [1.82, 2.24) is 19.6 Å². The van der Waals surface area contributed by atoms with Crippen molar-refractivity contribution in [3.8, 4) is 6.07 Å². The van der Waals surface area contributed by atoms with Gasteiger partial charge in [-0.25, -0.2) is 0 Å². The Morgan fingerprint density at radius 1 is 1.21 bits per heavy atom. The minimum atomic E-state index is 0.0829. The number of likely N-dealkylation sites (tertiary alicyclic amines) is 1. The van der Waals surface area contributed by atoms with E-state index in [4.69, 9.17) is 5.26 Å². The van der Waals surface area contributed by atoms with Gasteiger partial charge in [0.25, 0.3) is 0 Å². The zero-order valence-electron chi connectivity index (χ0n) is 15.1. The maximum absolute atomic E-state index is 12.2. The predicted octanol–water partition coefficient (Wildman–Crippen LogP) is -0.157. The predicted molar refractivity (Wildman–Crippen MR) is 91.1 cm³/mol. The number of nitriles is 1. The molecule has 134 valence electrons. The number of piperazine rings is 1. The lowest BCUT2D eigenvalue weighted by Gasteiger charge is -2.39. The highest BCUT2D eigenvalue weighted by Crippen LogP contribution is 2.23. The second kappa shape index (κ2) is 8.45. The van der Waals surface area contributed by atoms with Gasteiger partial charge >= 0.3 is 0 Å². The molecule has 2 aliphatic heterocycles. The Balaban J connectivity index is 1.81. The Hall–Kier alpha value is -1.65. The maximum Gasteiger partial charge on any atom is 0.236 e. The summed E-state index contributed by atoms with van der Waals surface area (Å²) in [6.07, 6.45) is 0.377. The van der Waals surface area contributed by atoms with E-state index in [1.165, 1.54) is 0 Å². The fourth-order valence-corrected chi connectivity index (χ4v) is 3.68. The van der Waals surface area contributed by atoms with Crippen molar-refractivity contribution in [3.05, 3.63) is 0 Å². The molecular formula is C17H29N5O2. The molecule has 2 atom stereocenters. The summed E-state index contributed by atoms with van der Waals surface area (Å²) in [6.45, 7) is 10.1. The fraction of sp³-hybridized carbons (Fsp3) is 0.824. The van der Waals surface area contributed by atoms with E-state index in [-0.39, 0.29) is 11.8 Å². The molecule has 0 spiro atoms. The zero-order valence-corrected chi connectivity index (χ0v) is 15.1. The number of hydrogen-bond donors (Lipinski definition) is 0. The summed E-state index contributed by atoms with van der Waals surface area (Å²) in [6, 6.07) is 2.53. The monoisotopic (exact) mass is 335 g/mol. The largest absolute Gasteiger partial charge is 0.344 e. The highest BCUT2D eigenvalue weighted by Gasteiger charge is 2.36. The van der Waals surface area contributed by atoms with Gasteiger partial charge in [-0.3, -0.25) is 19.4 Å². The molecule has 2 amide bonds. The first-order chi connectivity index (χ1) is 11.4. The van der Waals surface area contributed by atoms with Gasteiger partial charge in [-0.05, 0) is 5.92 Å². The third-order valence-electron chi connectivity index (χ3n) is 5.22. The molecule has 24 heavy (non-hydrogen) atoms. The van der Waals surface area contributed by atoms with E-state index in [0.29, 0.717) is 31.5 Å². The summed E-state index contributed by atoms with van der Waals surface area (Å²) in [5.41, 5.74) is 0. The van der Waals surface area contributed by atoms with Crippen molar-refractivity contribution in [2.45, 2.75) is 26.3 Å². The van der Waals surface area contributed by atoms with Crippen molar-refractivity contribution in [2.24, 2.45) is 5.92 Å². The minimum absolute atomic E-state index is 0.0829. The van der Waals surface area contributed by atoms with Crippen LogP contribution in [0.2, 0.25) is 0 Å². The van der Waals surface area contributed by atoms with Gasteiger partial charge in [0, 0.05) is 65.8 Å². The van der Waals surface area contributed by atoms with Crippen LogP contribution in [0.3, 0.4) is 0 Å². The molecule has 0 saturated carbocycles. The molecule has 0 N–H and O–H groups in total. The molecule has 0 aromatic carbocycles. The van der Waals surface area contributed by atoms with Crippen molar-refractivity contribution in [3.63, 3.8) is 0 Å². The molecule has 2 rings (SSSR count). The number of carbonyl (C=O) groups excluding carboxylic acids is 2. The average molecular weight is 335 g/mol. The minimum Gasteiger partial charge on any atom is -0.344 e. The molecule has 7 heteroatoms. The van der Waals surface area contributed by atoms with Crippen molar-refractivity contribution >= 4 is 11.8 Å². The van der Waals surface area contributed by atoms with Gasteiger partial charge in [-0.2, -0.15) is 5.26 Å². The van der Waals surface area contributed by atoms with E-state index < -0.39 is 0 Å². The first-order valence-corrected chi connectivity index (χ1v) is 8.75. The Morgan fingerprint density at radius 3 is 2.46 bits per heavy atom. The van der Waals surface area contributed by atoms with Crippen LogP contribution < -0.4 is 0 Å². The third-order valence-corrected chi connectivity index (χ3v) is 5.22. The van der Waals surface area contributed by atoms with Gasteiger partial charge in [-0.1, -0.05) is 6.92 Å². The number of hydrogen-bond acceptors (Lipinski definition) is 5. The number of rotatable bonds is 5. The molecule has 0 aromatic rings. The number of nitrogens with zero attached hydrogens (tertiary/aromatic N) is 5. The van der Waals surface area contributed by atoms with Crippen LogP contribution in [0.25, 0.3) is 0 Å². The van der Waals surface area contributed by atoms with E-state index >= 15 is 0 Å². The van der Waals surface area contributed by atoms with Gasteiger partial charge in [-0.15, -0.1) is 0 Å². The van der Waals surface area contributed by atoms with Gasteiger partial charge in [0.15, 0.2) is 0 Å². The highest BCUT2D eigenvalue weighted by atomic mass is 16.2. The number of carbonyl (C=O) groups is 2. The van der Waals surface area contributed by atoms with Crippen LogP contribution >= 0.6 is 0 Å². The Bertz CT molecular complexity index is 496. The highest BCUT2D eigenvalue weighted by molar-refractivity contribution is 5.78. The van der Waals surface area contributed by atoms with E-state index in [0.717, 1.165) is 39.3 Å². The van der Waals surface area contributed by atoms with E-state index in [1.807, 2.05) is 4.90 Å². The molecular weight excluding hydrogens is 306 g/mol. The number of amides is 2. The van der Waals surface area contributed by atoms with Gasteiger partial charge in [0.2, 0.25) is 11.8 Å². The van der Waals surface area contributed by atoms with Crippen molar-refractivity contribution < 1.29 is 9.59 Å². The standard InChI is InChI=1S/C17H29N5O2/c1-14-11-20(13-17(24)19(3)6-4-5-18)12-16(14)22-9-7-21(8-10-22)15(2)23/h14,16H,4,6-13H2,1-3H3/t14-,16+/m1/s1. The normalized spacial score (nSPS) is 25.5. The van der Waals surface area contributed by atoms with Crippen LogP contribution in [0.1, 0.15) is 20.3 Å². The Labute approximate surface area is 144 Å². The topological polar surface area (TPSA) is 70.9 Å². The Morgan fingerprint density at radius 2 is 1.88 bits per heavy atom. The molecule has 2 heterocycles. The van der Waals surface area contributed by atoms with Crippen LogP contribution in [-0.2, 0) is 9.59 Å². The molecule has 0 aliphatic carbocycles. The summed E-state index contributed by atoms with van der Waals surface area (Å²) in [7, 11) is 1.76. The lowest BCUT2D eigenvalue weighted by molar-refractivity contribution is -0.132. The zero-order chi connectivity index (χ0) is 17.7. The van der Waals surface area contributed by atoms with Crippen LogP contribution in [0, 0.1) is 17.2 Å². The van der Waals surface area contributed by atoms with Gasteiger partial charge in [0.1, 0.15) is 0 Å². The van der Waals surface area contributed by atoms with Gasteiger partial charge in [0.05, 0.1) is 19.0 Å². The van der Waals surface area contributed by atoms with Crippen molar-refractivity contribution in [1.29, 1.82) is 5.26 Å². The molecule has 2 saturated heterocycles. The quantitative estimate of drug-likeness (QED) is 0.698. The summed E-state index contributed by atoms with van der Waals surface area (Å²) in [5, 5.41) is 8.62. The van der Waals surface area contributed by atoms with Crippen LogP contribution in [0.4, 0.5) is 0 Å². The van der Waals surface area contributed by atoms with E-state index in [9.17, 15) is 9.59 Å². The van der Waals surface area contributed by atoms with E-state index in [1.54, 1.807) is 18.9 Å². The molecule has 7 nitrogen and oxygen atoms in total. The molecule has 0 bridgehead atoms. The van der Waals surface area contributed by atoms with Crippen LogP contribution in [0.15, 0.2) is 0 Å². The van der Waals surface area contributed by atoms with E-state index in [2.05, 4.69) is 22.8 Å². The second-order valence-corrected chi connectivity index (χ2v) is 7.00. The summed E-state index contributed by atoms with van der Waals surface area (Å²) in [4.78, 5) is 31.9. The first kappa shape index (κ1) is 18.7.